The summed E-state index contributed by atoms with van der Waals surface area (Å²) in [5.41, 5.74) is 3.22. The highest BCUT2D eigenvalue weighted by Crippen LogP contribution is 2.29. The molecule has 21 heavy (non-hydrogen) atoms. The van der Waals surface area contributed by atoms with E-state index in [-0.39, 0.29) is 5.43 Å². The maximum Gasteiger partial charge on any atom is 0.200 e. The van der Waals surface area contributed by atoms with Crippen LogP contribution in [0.4, 0.5) is 0 Å². The molecule has 4 heteroatoms. The third-order valence-electron chi connectivity index (χ3n) is 3.46. The van der Waals surface area contributed by atoms with Crippen LogP contribution in [-0.2, 0) is 5.33 Å². The molecular weight excluding hydrogens is 396 g/mol. The Balaban J connectivity index is 2.44. The van der Waals surface area contributed by atoms with Gasteiger partial charge in [0.05, 0.1) is 16.3 Å². The van der Waals surface area contributed by atoms with Gasteiger partial charge >= 0.3 is 0 Å². The molecule has 0 aliphatic heterocycles. The van der Waals surface area contributed by atoms with Gasteiger partial charge in [0.15, 0.2) is 0 Å². The van der Waals surface area contributed by atoms with Crippen molar-refractivity contribution in [3.63, 3.8) is 0 Å². The highest BCUT2D eigenvalue weighted by Gasteiger charge is 2.16. The Morgan fingerprint density at radius 2 is 1.90 bits per heavy atom. The van der Waals surface area contributed by atoms with Crippen molar-refractivity contribution in [1.82, 2.24) is 0 Å². The SMILES string of the molecule is Cc1ccccc1-c1c(CBr)oc2ccc(Br)cc2c1=O. The van der Waals surface area contributed by atoms with Crippen molar-refractivity contribution in [2.75, 3.05) is 0 Å². The van der Waals surface area contributed by atoms with E-state index in [1.165, 1.54) is 0 Å². The van der Waals surface area contributed by atoms with Gasteiger partial charge < -0.3 is 4.42 Å². The molecule has 0 bridgehead atoms. The first-order chi connectivity index (χ1) is 10.1. The normalized spacial score (nSPS) is 11.0. The summed E-state index contributed by atoms with van der Waals surface area (Å²) in [6, 6.07) is 13.3. The number of hydrogen-bond acceptors (Lipinski definition) is 2. The summed E-state index contributed by atoms with van der Waals surface area (Å²) in [5.74, 6) is 0.657. The Bertz CT molecular complexity index is 882. The molecule has 0 fully saturated rings. The lowest BCUT2D eigenvalue weighted by molar-refractivity contribution is 0.564. The smallest absolute Gasteiger partial charge is 0.200 e. The van der Waals surface area contributed by atoms with E-state index in [4.69, 9.17) is 4.42 Å². The van der Waals surface area contributed by atoms with Gasteiger partial charge in [-0.25, -0.2) is 0 Å². The molecule has 0 aliphatic rings. The zero-order chi connectivity index (χ0) is 15.0. The summed E-state index contributed by atoms with van der Waals surface area (Å²) in [5, 5.41) is 1.09. The van der Waals surface area contributed by atoms with Gasteiger partial charge in [-0.2, -0.15) is 0 Å². The fourth-order valence-electron chi connectivity index (χ4n) is 2.43. The first-order valence-corrected chi connectivity index (χ1v) is 8.40. The molecule has 0 radical (unpaired) electrons. The summed E-state index contributed by atoms with van der Waals surface area (Å²) in [6.07, 6.45) is 0. The van der Waals surface area contributed by atoms with Crippen molar-refractivity contribution in [3.05, 3.63) is 68.5 Å². The van der Waals surface area contributed by atoms with Crippen molar-refractivity contribution in [3.8, 4) is 11.1 Å². The minimum absolute atomic E-state index is 0.00120. The fraction of sp³-hybridized carbons (Fsp3) is 0.118. The molecule has 0 saturated carbocycles. The van der Waals surface area contributed by atoms with Crippen LogP contribution in [0.1, 0.15) is 11.3 Å². The maximum atomic E-state index is 12.9. The van der Waals surface area contributed by atoms with Crippen molar-refractivity contribution in [1.29, 1.82) is 0 Å². The molecule has 0 spiro atoms. The minimum atomic E-state index is 0.00120. The van der Waals surface area contributed by atoms with Crippen molar-refractivity contribution in [2.45, 2.75) is 12.3 Å². The van der Waals surface area contributed by atoms with Crippen molar-refractivity contribution >= 4 is 42.8 Å². The highest BCUT2D eigenvalue weighted by atomic mass is 79.9. The monoisotopic (exact) mass is 406 g/mol. The molecule has 3 aromatic rings. The van der Waals surface area contributed by atoms with Crippen LogP contribution in [0.5, 0.6) is 0 Å². The topological polar surface area (TPSA) is 30.2 Å². The van der Waals surface area contributed by atoms with E-state index < -0.39 is 0 Å². The quantitative estimate of drug-likeness (QED) is 0.530. The minimum Gasteiger partial charge on any atom is -0.459 e. The van der Waals surface area contributed by atoms with E-state index in [0.717, 1.165) is 15.6 Å². The number of aryl methyl sites for hydroxylation is 1. The largest absolute Gasteiger partial charge is 0.459 e. The Kier molecular flexibility index (Phi) is 4.00. The number of halogens is 2. The predicted octanol–water partition coefficient (Wildman–Crippen LogP) is 5.43. The zero-order valence-electron chi connectivity index (χ0n) is 11.3. The Hall–Kier alpha value is -1.39. The van der Waals surface area contributed by atoms with Gasteiger partial charge in [-0.05, 0) is 36.2 Å². The molecule has 0 saturated heterocycles. The second-order valence-electron chi connectivity index (χ2n) is 4.82. The van der Waals surface area contributed by atoms with Gasteiger partial charge in [0.25, 0.3) is 0 Å². The van der Waals surface area contributed by atoms with Crippen LogP contribution in [0, 0.1) is 6.92 Å². The van der Waals surface area contributed by atoms with Gasteiger partial charge in [-0.15, -0.1) is 0 Å². The molecule has 0 unspecified atom stereocenters. The van der Waals surface area contributed by atoms with Crippen LogP contribution in [-0.4, -0.2) is 0 Å². The summed E-state index contributed by atoms with van der Waals surface area (Å²) < 4.78 is 6.79. The molecule has 106 valence electrons. The third kappa shape index (κ3) is 2.58. The van der Waals surface area contributed by atoms with E-state index in [1.54, 1.807) is 6.07 Å². The second-order valence-corrected chi connectivity index (χ2v) is 6.29. The average Bonchev–Trinajstić information content (AvgIpc) is 2.49. The van der Waals surface area contributed by atoms with Crippen LogP contribution in [0.25, 0.3) is 22.1 Å². The van der Waals surface area contributed by atoms with E-state index in [1.807, 2.05) is 43.3 Å². The van der Waals surface area contributed by atoms with Crippen LogP contribution in [0.3, 0.4) is 0 Å². The fourth-order valence-corrected chi connectivity index (χ4v) is 3.19. The number of fused-ring (bicyclic) bond motifs is 1. The third-order valence-corrected chi connectivity index (χ3v) is 4.46. The van der Waals surface area contributed by atoms with Crippen LogP contribution in [0.15, 0.2) is 56.1 Å². The highest BCUT2D eigenvalue weighted by molar-refractivity contribution is 9.10. The van der Waals surface area contributed by atoms with Gasteiger partial charge in [0.2, 0.25) is 5.43 Å². The average molecular weight is 408 g/mol. The second kappa shape index (κ2) is 5.78. The molecule has 0 atom stereocenters. The van der Waals surface area contributed by atoms with Crippen LogP contribution in [0.2, 0.25) is 0 Å². The van der Waals surface area contributed by atoms with Crippen LogP contribution >= 0.6 is 31.9 Å². The van der Waals surface area contributed by atoms with E-state index in [9.17, 15) is 4.79 Å². The number of rotatable bonds is 2. The molecule has 2 aromatic carbocycles. The lowest BCUT2D eigenvalue weighted by Crippen LogP contribution is -2.09. The predicted molar refractivity (Wildman–Crippen MR) is 93.0 cm³/mol. The molecule has 0 amide bonds. The standard InChI is InChI=1S/C17H12Br2O2/c1-10-4-2-3-5-12(10)16-15(9-18)21-14-7-6-11(19)8-13(14)17(16)20/h2-8H,9H2,1H3. The lowest BCUT2D eigenvalue weighted by atomic mass is 9.98. The molecule has 0 N–H and O–H groups in total. The molecule has 1 aromatic heterocycles. The molecule has 1 heterocycles. The van der Waals surface area contributed by atoms with E-state index >= 15 is 0 Å². The lowest BCUT2D eigenvalue weighted by Gasteiger charge is -2.10. The van der Waals surface area contributed by atoms with Crippen molar-refractivity contribution < 1.29 is 4.42 Å². The molecule has 3 rings (SSSR count). The van der Waals surface area contributed by atoms with Crippen molar-refractivity contribution in [2.24, 2.45) is 0 Å². The Morgan fingerprint density at radius 1 is 1.14 bits per heavy atom. The Labute approximate surface area is 139 Å². The summed E-state index contributed by atoms with van der Waals surface area (Å²) in [4.78, 5) is 12.9. The van der Waals surface area contributed by atoms with E-state index in [0.29, 0.717) is 27.6 Å². The molecular formula is C17H12Br2O2. The maximum absolute atomic E-state index is 12.9. The molecule has 2 nitrogen and oxygen atoms in total. The van der Waals surface area contributed by atoms with Gasteiger partial charge in [0.1, 0.15) is 11.3 Å². The summed E-state index contributed by atoms with van der Waals surface area (Å²) in [6.45, 7) is 2.00. The molecule has 0 aliphatic carbocycles. The van der Waals surface area contributed by atoms with Gasteiger partial charge in [-0.3, -0.25) is 4.79 Å². The van der Waals surface area contributed by atoms with Gasteiger partial charge in [0, 0.05) is 4.47 Å². The first-order valence-electron chi connectivity index (χ1n) is 6.49. The Morgan fingerprint density at radius 3 is 2.62 bits per heavy atom. The number of benzene rings is 2. The first kappa shape index (κ1) is 14.5. The summed E-state index contributed by atoms with van der Waals surface area (Å²) in [7, 11) is 0. The van der Waals surface area contributed by atoms with Gasteiger partial charge in [-0.1, -0.05) is 56.1 Å². The zero-order valence-corrected chi connectivity index (χ0v) is 14.5. The van der Waals surface area contributed by atoms with E-state index in [2.05, 4.69) is 31.9 Å². The van der Waals surface area contributed by atoms with Crippen LogP contribution < -0.4 is 5.43 Å². The number of hydrogen-bond donors (Lipinski definition) is 0. The number of alkyl halides is 1. The summed E-state index contributed by atoms with van der Waals surface area (Å²) >= 11 is 6.83.